The van der Waals surface area contributed by atoms with Gasteiger partial charge in [0.25, 0.3) is 0 Å². The van der Waals surface area contributed by atoms with Crippen LogP contribution in [0.5, 0.6) is 0 Å². The van der Waals surface area contributed by atoms with Crippen LogP contribution in [0.2, 0.25) is 0 Å². The first-order valence-corrected chi connectivity index (χ1v) is 20.2. The summed E-state index contributed by atoms with van der Waals surface area (Å²) in [6, 6.07) is 16.8. The van der Waals surface area contributed by atoms with Gasteiger partial charge in [-0.25, -0.2) is 19.2 Å². The molecule has 0 spiro atoms. The molecule has 2 saturated heterocycles. The summed E-state index contributed by atoms with van der Waals surface area (Å²) >= 11 is 0. The molecule has 312 valence electrons. The SMILES string of the molecule is CCOC(=O)C1CCC[N+](C)(CC(OC(=O)c2ccccc2)C(=O)OCCCCCOC(=O)C(C[N+]2(C)CCCC(C(=O)OCC)C2)OC(=O)c2ccccc2)C1. The standard InChI is InChI=1S/C43H60N2O12/c1-5-52-38(46)34-22-16-24-44(3,28-34)30-36(56-40(48)32-18-10-7-11-19-32)42(50)54-26-14-9-15-27-55-43(51)37(57-41(49)33-20-12-8-13-21-33)31-45(4)25-17-23-35(29-45)39(47)53-6-2/h7-8,10-13,18-21,34-37H,5-6,9,14-17,22-31H2,1-4H3/q+2. The van der Waals surface area contributed by atoms with Gasteiger partial charge in [-0.1, -0.05) is 36.4 Å². The van der Waals surface area contributed by atoms with Gasteiger partial charge in [0.1, 0.15) is 24.9 Å². The Hall–Kier alpha value is -4.82. The van der Waals surface area contributed by atoms with Crippen LogP contribution >= 0.6 is 0 Å². The van der Waals surface area contributed by atoms with E-state index >= 15 is 0 Å². The number of unbranched alkanes of at least 4 members (excludes halogenated alkanes) is 2. The molecule has 2 aliphatic rings. The van der Waals surface area contributed by atoms with Gasteiger partial charge < -0.3 is 37.4 Å². The number of carbonyl (C=O) groups is 6. The van der Waals surface area contributed by atoms with Crippen LogP contribution in [0, 0.1) is 11.8 Å². The number of quaternary nitrogens is 2. The van der Waals surface area contributed by atoms with E-state index in [0.717, 1.165) is 12.8 Å². The van der Waals surface area contributed by atoms with Crippen molar-refractivity contribution >= 4 is 35.8 Å². The molecule has 0 saturated carbocycles. The Morgan fingerprint density at radius 3 is 1.33 bits per heavy atom. The van der Waals surface area contributed by atoms with Crippen LogP contribution < -0.4 is 0 Å². The number of benzene rings is 2. The summed E-state index contributed by atoms with van der Waals surface area (Å²) < 4.78 is 33.9. The van der Waals surface area contributed by atoms with E-state index in [-0.39, 0.29) is 63.3 Å². The minimum atomic E-state index is -1.20. The van der Waals surface area contributed by atoms with Crippen LogP contribution in [-0.2, 0) is 47.6 Å². The average Bonchev–Trinajstić information content (AvgIpc) is 3.20. The van der Waals surface area contributed by atoms with Crippen molar-refractivity contribution in [2.24, 2.45) is 11.8 Å². The van der Waals surface area contributed by atoms with Gasteiger partial charge >= 0.3 is 35.8 Å². The molecule has 0 aromatic heterocycles. The van der Waals surface area contributed by atoms with Crippen LogP contribution in [0.1, 0.15) is 79.5 Å². The van der Waals surface area contributed by atoms with Crippen molar-refractivity contribution < 1.29 is 66.2 Å². The van der Waals surface area contributed by atoms with Gasteiger partial charge in [0.05, 0.1) is 77.8 Å². The van der Waals surface area contributed by atoms with Crippen molar-refractivity contribution in [3.8, 4) is 0 Å². The lowest BCUT2D eigenvalue weighted by atomic mass is 9.95. The molecule has 57 heavy (non-hydrogen) atoms. The fraction of sp³-hybridized carbons (Fsp3) is 0.581. The first-order chi connectivity index (χ1) is 27.3. The second kappa shape index (κ2) is 22.2. The molecule has 2 aromatic rings. The van der Waals surface area contributed by atoms with E-state index in [9.17, 15) is 28.8 Å². The highest BCUT2D eigenvalue weighted by Crippen LogP contribution is 2.26. The van der Waals surface area contributed by atoms with E-state index in [1.807, 2.05) is 14.1 Å². The van der Waals surface area contributed by atoms with Crippen LogP contribution in [0.15, 0.2) is 60.7 Å². The van der Waals surface area contributed by atoms with Crippen molar-refractivity contribution in [1.29, 1.82) is 0 Å². The maximum absolute atomic E-state index is 13.4. The van der Waals surface area contributed by atoms with E-state index < -0.39 is 36.1 Å². The molecule has 0 radical (unpaired) electrons. The maximum Gasteiger partial charge on any atom is 0.353 e. The number of carbonyl (C=O) groups excluding carboxylic acids is 6. The predicted octanol–water partition coefficient (Wildman–Crippen LogP) is 4.53. The number of likely N-dealkylation sites (tertiary alicyclic amines) is 2. The Bertz CT molecular complexity index is 1520. The summed E-state index contributed by atoms with van der Waals surface area (Å²) in [4.78, 5) is 78.1. The molecule has 0 bridgehead atoms. The molecule has 6 unspecified atom stereocenters. The lowest BCUT2D eigenvalue weighted by Crippen LogP contribution is -2.57. The lowest BCUT2D eigenvalue weighted by molar-refractivity contribution is -0.918. The predicted molar refractivity (Wildman–Crippen MR) is 207 cm³/mol. The molecule has 0 amide bonds. The zero-order valence-corrected chi connectivity index (χ0v) is 33.9. The summed E-state index contributed by atoms with van der Waals surface area (Å²) in [7, 11) is 3.87. The van der Waals surface area contributed by atoms with Crippen LogP contribution in [-0.4, -0.2) is 137 Å². The number of hydrogen-bond donors (Lipinski definition) is 0. The largest absolute Gasteiger partial charge is 0.466 e. The Kier molecular flexibility index (Phi) is 17.5. The number of piperidine rings is 2. The fourth-order valence-electron chi connectivity index (χ4n) is 7.68. The molecule has 0 N–H and O–H groups in total. The van der Waals surface area contributed by atoms with Gasteiger partial charge in [-0.3, -0.25) is 9.59 Å². The van der Waals surface area contributed by atoms with E-state index in [4.69, 9.17) is 28.4 Å². The minimum absolute atomic E-state index is 0.0517. The third-order valence-electron chi connectivity index (χ3n) is 10.6. The Morgan fingerprint density at radius 1 is 0.579 bits per heavy atom. The van der Waals surface area contributed by atoms with E-state index in [2.05, 4.69) is 0 Å². The zero-order chi connectivity index (χ0) is 41.3. The lowest BCUT2D eigenvalue weighted by Gasteiger charge is -2.41. The topological polar surface area (TPSA) is 158 Å². The molecule has 2 aromatic carbocycles. The van der Waals surface area contributed by atoms with Gasteiger partial charge in [0, 0.05) is 0 Å². The molecule has 2 aliphatic heterocycles. The first-order valence-electron chi connectivity index (χ1n) is 20.2. The zero-order valence-electron chi connectivity index (χ0n) is 33.9. The van der Waals surface area contributed by atoms with Gasteiger partial charge in [-0.2, -0.15) is 0 Å². The minimum Gasteiger partial charge on any atom is -0.466 e. The number of likely N-dealkylation sites (N-methyl/N-ethyl adjacent to an activating group) is 2. The Morgan fingerprint density at radius 2 is 0.965 bits per heavy atom. The van der Waals surface area contributed by atoms with Crippen molar-refractivity contribution in [1.82, 2.24) is 0 Å². The summed E-state index contributed by atoms with van der Waals surface area (Å²) in [6.45, 7) is 6.77. The third kappa shape index (κ3) is 14.3. The number of hydrogen-bond acceptors (Lipinski definition) is 12. The molecule has 4 rings (SSSR count). The highest BCUT2D eigenvalue weighted by molar-refractivity contribution is 5.92. The highest BCUT2D eigenvalue weighted by atomic mass is 16.6. The summed E-state index contributed by atoms with van der Waals surface area (Å²) in [5.41, 5.74) is 0.612. The van der Waals surface area contributed by atoms with Gasteiger partial charge in [-0.05, 0) is 83.1 Å². The smallest absolute Gasteiger partial charge is 0.353 e. The van der Waals surface area contributed by atoms with Gasteiger partial charge in [0.15, 0.2) is 0 Å². The summed E-state index contributed by atoms with van der Waals surface area (Å²) in [5.74, 6) is -3.80. The van der Waals surface area contributed by atoms with Crippen molar-refractivity contribution in [3.63, 3.8) is 0 Å². The second-order valence-corrected chi connectivity index (χ2v) is 15.5. The molecular weight excluding hydrogens is 736 g/mol. The summed E-state index contributed by atoms with van der Waals surface area (Å²) in [5, 5.41) is 0. The van der Waals surface area contributed by atoms with Crippen LogP contribution in [0.25, 0.3) is 0 Å². The monoisotopic (exact) mass is 796 g/mol. The fourth-order valence-corrected chi connectivity index (χ4v) is 7.68. The molecule has 14 nitrogen and oxygen atoms in total. The molecule has 2 heterocycles. The Balaban J connectivity index is 1.30. The molecule has 0 aliphatic carbocycles. The van der Waals surface area contributed by atoms with E-state index in [1.54, 1.807) is 74.5 Å². The van der Waals surface area contributed by atoms with Crippen LogP contribution in [0.4, 0.5) is 0 Å². The summed E-state index contributed by atoms with van der Waals surface area (Å²) in [6.07, 6.45) is 1.95. The third-order valence-corrected chi connectivity index (χ3v) is 10.6. The molecule has 2 fully saturated rings. The van der Waals surface area contributed by atoms with E-state index in [0.29, 0.717) is 78.4 Å². The molecule has 6 atom stereocenters. The first kappa shape index (κ1) is 44.9. The van der Waals surface area contributed by atoms with Crippen molar-refractivity contribution in [3.05, 3.63) is 71.8 Å². The van der Waals surface area contributed by atoms with Gasteiger partial charge in [0.2, 0.25) is 12.2 Å². The maximum atomic E-state index is 13.4. The normalized spacial score (nSPS) is 22.9. The Labute approximate surface area is 335 Å². The number of rotatable bonds is 20. The second-order valence-electron chi connectivity index (χ2n) is 15.5. The number of nitrogens with zero attached hydrogens (tertiary/aromatic N) is 2. The van der Waals surface area contributed by atoms with E-state index in [1.165, 1.54) is 0 Å². The molecular formula is C43H60N2O12+2. The van der Waals surface area contributed by atoms with Gasteiger partial charge in [-0.15, -0.1) is 0 Å². The molecule has 14 heteroatoms. The van der Waals surface area contributed by atoms with Crippen LogP contribution in [0.3, 0.4) is 0 Å². The van der Waals surface area contributed by atoms with Crippen molar-refractivity contribution in [2.75, 3.05) is 79.8 Å². The number of esters is 6. The highest BCUT2D eigenvalue weighted by Gasteiger charge is 2.42. The quantitative estimate of drug-likeness (QED) is 0.0800. The average molecular weight is 797 g/mol. The number of ether oxygens (including phenoxy) is 6. The van der Waals surface area contributed by atoms with Crippen molar-refractivity contribution in [2.45, 2.75) is 71.0 Å².